The molecular weight excluding hydrogens is 564 g/mol. The van der Waals surface area contributed by atoms with Gasteiger partial charge in [-0.15, -0.1) is 0 Å². The number of rotatable bonds is 11. The Hall–Kier alpha value is -3.44. The lowest BCUT2D eigenvalue weighted by Gasteiger charge is -2.51. The first-order valence-corrected chi connectivity index (χ1v) is 16.7. The first kappa shape index (κ1) is 32.5. The minimum Gasteiger partial charge on any atom is -0.369 e. The quantitative estimate of drug-likeness (QED) is 0.264. The van der Waals surface area contributed by atoms with Gasteiger partial charge in [0.1, 0.15) is 11.6 Å². The highest BCUT2D eigenvalue weighted by atomic mass is 32.2. The van der Waals surface area contributed by atoms with Gasteiger partial charge in [-0.3, -0.25) is 15.0 Å². The highest BCUT2D eigenvalue weighted by Crippen LogP contribution is 2.34. The smallest absolute Gasteiger partial charge is 0.267 e. The van der Waals surface area contributed by atoms with Gasteiger partial charge in [0.15, 0.2) is 0 Å². The maximum Gasteiger partial charge on any atom is 0.267 e. The summed E-state index contributed by atoms with van der Waals surface area (Å²) < 4.78 is 28.0. The number of nitrogens with two attached hydrogens (primary N) is 1. The SMILES string of the molecule is CCCN1C(=O)[C@H](CCCN(C(=N)N)S(=O)(=O)c2c(C)cc(C)cc2C)NC(=O)C12CCN(CCc1ccccc1)CC2. The predicted molar refractivity (Wildman–Crippen MR) is 168 cm³/mol. The number of piperidine rings is 1. The topological polar surface area (TPSA) is 140 Å². The zero-order valence-corrected chi connectivity index (χ0v) is 26.7. The number of nitrogens with one attached hydrogen (secondary N) is 2. The van der Waals surface area contributed by atoms with Crippen molar-refractivity contribution in [1.29, 1.82) is 5.41 Å². The fourth-order valence-electron chi connectivity index (χ4n) is 6.69. The van der Waals surface area contributed by atoms with Gasteiger partial charge in [0.25, 0.3) is 10.0 Å². The molecule has 10 nitrogen and oxygen atoms in total. The molecule has 1 atom stereocenters. The lowest BCUT2D eigenvalue weighted by atomic mass is 9.81. The van der Waals surface area contributed by atoms with Gasteiger partial charge >= 0.3 is 0 Å². The van der Waals surface area contributed by atoms with Crippen LogP contribution in [0.5, 0.6) is 0 Å². The van der Waals surface area contributed by atoms with E-state index in [0.717, 1.165) is 42.3 Å². The zero-order chi connectivity index (χ0) is 31.4. The van der Waals surface area contributed by atoms with Gasteiger partial charge in [0, 0.05) is 32.7 Å². The molecular formula is C32H46N6O4S. The third-order valence-electron chi connectivity index (χ3n) is 8.77. The summed E-state index contributed by atoms with van der Waals surface area (Å²) in [6.45, 7) is 10.2. The Kier molecular flexibility index (Phi) is 10.2. The van der Waals surface area contributed by atoms with E-state index in [0.29, 0.717) is 30.5 Å². The van der Waals surface area contributed by atoms with E-state index in [1.54, 1.807) is 30.9 Å². The van der Waals surface area contributed by atoms with E-state index in [9.17, 15) is 18.0 Å². The summed E-state index contributed by atoms with van der Waals surface area (Å²) in [4.78, 5) is 31.7. The molecule has 4 rings (SSSR count). The second kappa shape index (κ2) is 13.5. The van der Waals surface area contributed by atoms with Gasteiger partial charge < -0.3 is 20.9 Å². The van der Waals surface area contributed by atoms with Crippen LogP contribution < -0.4 is 11.1 Å². The maximum absolute atomic E-state index is 13.8. The monoisotopic (exact) mass is 610 g/mol. The van der Waals surface area contributed by atoms with Crippen molar-refractivity contribution in [2.24, 2.45) is 5.73 Å². The summed E-state index contributed by atoms with van der Waals surface area (Å²) in [5.41, 5.74) is 8.31. The Balaban J connectivity index is 1.41. The summed E-state index contributed by atoms with van der Waals surface area (Å²) in [7, 11) is -4.08. The third-order valence-corrected chi connectivity index (χ3v) is 10.9. The molecule has 0 radical (unpaired) electrons. The molecule has 2 aromatic rings. The summed E-state index contributed by atoms with van der Waals surface area (Å²) in [6, 6.07) is 13.2. The standard InChI is InChI=1S/C32H46N6O4S/c1-5-16-37-29(39)27(12-9-17-38(31(33)34)43(41,42)28-24(3)21-23(2)22-25(28)4)35-30(40)32(37)14-19-36(20-15-32)18-13-26-10-7-6-8-11-26/h6-8,10-11,21-22,27H,5,9,12-20H2,1-4H3,(H3,33,34)(H,35,40)/t27-/m0/s1. The van der Waals surface area contributed by atoms with Crippen LogP contribution in [-0.4, -0.2) is 84.6 Å². The highest BCUT2D eigenvalue weighted by molar-refractivity contribution is 7.89. The molecule has 2 aliphatic rings. The average Bonchev–Trinajstić information content (AvgIpc) is 2.95. The number of guanidine groups is 1. The van der Waals surface area contributed by atoms with Crippen LogP contribution in [0.25, 0.3) is 0 Å². The molecule has 43 heavy (non-hydrogen) atoms. The van der Waals surface area contributed by atoms with Crippen molar-refractivity contribution >= 4 is 27.8 Å². The number of likely N-dealkylation sites (tertiary alicyclic amines) is 1. The van der Waals surface area contributed by atoms with Crippen LogP contribution in [0, 0.1) is 26.2 Å². The molecule has 2 heterocycles. The molecule has 0 aromatic heterocycles. The Morgan fingerprint density at radius 1 is 1.07 bits per heavy atom. The van der Waals surface area contributed by atoms with Crippen LogP contribution in [0.3, 0.4) is 0 Å². The van der Waals surface area contributed by atoms with E-state index in [4.69, 9.17) is 11.1 Å². The Labute approximate surface area is 256 Å². The summed E-state index contributed by atoms with van der Waals surface area (Å²) in [6.07, 6.45) is 3.33. The summed E-state index contributed by atoms with van der Waals surface area (Å²) in [5.74, 6) is -0.833. The zero-order valence-electron chi connectivity index (χ0n) is 25.9. The largest absolute Gasteiger partial charge is 0.369 e. The van der Waals surface area contributed by atoms with E-state index >= 15 is 0 Å². The lowest BCUT2D eigenvalue weighted by Crippen LogP contribution is -2.72. The molecule has 2 amide bonds. The van der Waals surface area contributed by atoms with Crippen LogP contribution in [-0.2, 0) is 26.0 Å². The van der Waals surface area contributed by atoms with E-state index in [-0.39, 0.29) is 36.1 Å². The Morgan fingerprint density at radius 2 is 1.70 bits per heavy atom. The number of sulfonamides is 1. The minimum atomic E-state index is -4.08. The molecule has 0 aliphatic carbocycles. The number of carbonyl (C=O) groups excluding carboxylic acids is 2. The lowest BCUT2D eigenvalue weighted by molar-refractivity contribution is -0.161. The second-order valence-electron chi connectivity index (χ2n) is 12.0. The van der Waals surface area contributed by atoms with Crippen LogP contribution in [0.4, 0.5) is 0 Å². The fraction of sp³-hybridized carbons (Fsp3) is 0.531. The van der Waals surface area contributed by atoms with Crippen LogP contribution in [0.2, 0.25) is 0 Å². The maximum atomic E-state index is 13.8. The Bertz CT molecular complexity index is 1410. The molecule has 2 saturated heterocycles. The van der Waals surface area contributed by atoms with Gasteiger partial charge in [0.05, 0.1) is 4.90 Å². The van der Waals surface area contributed by atoms with Gasteiger partial charge in [-0.2, -0.15) is 0 Å². The first-order chi connectivity index (χ1) is 20.4. The number of carbonyl (C=O) groups is 2. The van der Waals surface area contributed by atoms with Crippen LogP contribution in [0.15, 0.2) is 47.4 Å². The van der Waals surface area contributed by atoms with Crippen molar-refractivity contribution < 1.29 is 18.0 Å². The molecule has 11 heteroatoms. The molecule has 4 N–H and O–H groups in total. The van der Waals surface area contributed by atoms with Crippen molar-refractivity contribution in [3.05, 3.63) is 64.7 Å². The van der Waals surface area contributed by atoms with E-state index < -0.39 is 27.6 Å². The number of amides is 2. The summed E-state index contributed by atoms with van der Waals surface area (Å²) in [5, 5.41) is 11.0. The molecule has 0 bridgehead atoms. The first-order valence-electron chi connectivity index (χ1n) is 15.2. The van der Waals surface area contributed by atoms with Gasteiger partial charge in [-0.25, -0.2) is 12.7 Å². The van der Waals surface area contributed by atoms with Gasteiger partial charge in [0.2, 0.25) is 17.8 Å². The number of aryl methyl sites for hydroxylation is 3. The number of benzene rings is 2. The number of hydrogen-bond acceptors (Lipinski definition) is 6. The molecule has 0 saturated carbocycles. The van der Waals surface area contributed by atoms with Crippen molar-refractivity contribution in [2.45, 2.75) is 82.7 Å². The molecule has 2 aromatic carbocycles. The third kappa shape index (κ3) is 6.88. The molecule has 0 unspecified atom stereocenters. The van der Waals surface area contributed by atoms with Gasteiger partial charge in [-0.1, -0.05) is 55.0 Å². The second-order valence-corrected chi connectivity index (χ2v) is 13.8. The Morgan fingerprint density at radius 3 is 2.28 bits per heavy atom. The van der Waals surface area contributed by atoms with Crippen molar-refractivity contribution in [2.75, 3.05) is 32.7 Å². The van der Waals surface area contributed by atoms with Crippen molar-refractivity contribution in [3.63, 3.8) is 0 Å². The minimum absolute atomic E-state index is 0.0701. The predicted octanol–water partition coefficient (Wildman–Crippen LogP) is 3.09. The van der Waals surface area contributed by atoms with Crippen LogP contribution in [0.1, 0.15) is 61.3 Å². The van der Waals surface area contributed by atoms with E-state index in [1.807, 2.05) is 32.0 Å². The average molecular weight is 611 g/mol. The molecule has 1 spiro atoms. The van der Waals surface area contributed by atoms with Crippen LogP contribution >= 0.6 is 0 Å². The highest BCUT2D eigenvalue weighted by Gasteiger charge is 2.53. The summed E-state index contributed by atoms with van der Waals surface area (Å²) >= 11 is 0. The number of piperazine rings is 1. The fourth-order valence-corrected chi connectivity index (χ4v) is 8.47. The van der Waals surface area contributed by atoms with Crippen molar-refractivity contribution in [1.82, 2.24) is 19.4 Å². The molecule has 234 valence electrons. The molecule has 2 fully saturated rings. The number of hydrogen-bond donors (Lipinski definition) is 3. The van der Waals surface area contributed by atoms with E-state index in [2.05, 4.69) is 22.3 Å². The van der Waals surface area contributed by atoms with Crippen molar-refractivity contribution in [3.8, 4) is 0 Å². The molecule has 2 aliphatic heterocycles. The number of nitrogens with zero attached hydrogens (tertiary/aromatic N) is 3. The normalized spacial score (nSPS) is 19.0. The van der Waals surface area contributed by atoms with E-state index in [1.165, 1.54) is 5.56 Å². The van der Waals surface area contributed by atoms with Gasteiger partial charge in [-0.05, 0) is 76.0 Å².